The van der Waals surface area contributed by atoms with Gasteiger partial charge < -0.3 is 10.1 Å². The molecule has 0 unspecified atom stereocenters. The highest BCUT2D eigenvalue weighted by atomic mass is 16.5. The third-order valence-electron chi connectivity index (χ3n) is 4.38. The van der Waals surface area contributed by atoms with Gasteiger partial charge in [-0.25, -0.2) is 0 Å². The minimum atomic E-state index is 0.467. The van der Waals surface area contributed by atoms with Gasteiger partial charge in [-0.3, -0.25) is 4.90 Å². The van der Waals surface area contributed by atoms with Gasteiger partial charge in [0.05, 0.1) is 6.10 Å². The van der Waals surface area contributed by atoms with E-state index in [4.69, 9.17) is 4.74 Å². The molecule has 0 bridgehead atoms. The zero-order chi connectivity index (χ0) is 14.9. The van der Waals surface area contributed by atoms with Crippen LogP contribution >= 0.6 is 0 Å². The number of benzene rings is 1. The Morgan fingerprint density at radius 3 is 2.52 bits per heavy atom. The highest BCUT2D eigenvalue weighted by molar-refractivity contribution is 5.27. The summed E-state index contributed by atoms with van der Waals surface area (Å²) in [4.78, 5) is 2.56. The van der Waals surface area contributed by atoms with Gasteiger partial charge in [-0.1, -0.05) is 31.2 Å². The number of methoxy groups -OCH3 is 1. The van der Waals surface area contributed by atoms with Crippen LogP contribution in [0.15, 0.2) is 24.3 Å². The number of nitrogens with zero attached hydrogens (tertiary/aromatic N) is 1. The number of hydrogen-bond donors (Lipinski definition) is 1. The lowest BCUT2D eigenvalue weighted by Crippen LogP contribution is -2.36. The maximum absolute atomic E-state index is 5.45. The average Bonchev–Trinajstić information content (AvgIpc) is 2.54. The highest BCUT2D eigenvalue weighted by Crippen LogP contribution is 2.18. The second kappa shape index (κ2) is 9.19. The summed E-state index contributed by atoms with van der Waals surface area (Å²) in [5.41, 5.74) is 2.99. The summed E-state index contributed by atoms with van der Waals surface area (Å²) in [5.74, 6) is 0. The summed E-state index contributed by atoms with van der Waals surface area (Å²) >= 11 is 0. The molecule has 21 heavy (non-hydrogen) atoms. The van der Waals surface area contributed by atoms with Crippen molar-refractivity contribution in [3.63, 3.8) is 0 Å². The van der Waals surface area contributed by atoms with Crippen LogP contribution < -0.4 is 5.32 Å². The quantitative estimate of drug-likeness (QED) is 0.745. The molecule has 1 aliphatic heterocycles. The van der Waals surface area contributed by atoms with Crippen LogP contribution in [0.4, 0.5) is 0 Å². The molecule has 0 aromatic heterocycles. The molecule has 118 valence electrons. The van der Waals surface area contributed by atoms with Crippen LogP contribution in [-0.4, -0.2) is 44.3 Å². The standard InChI is InChI=1S/C18H30N2O/c1-3-11-19-12-8-16-6-4-5-7-17(16)15-20-13-9-18(21-2)10-14-20/h4-7,18-19H,3,8-15H2,1-2H3. The van der Waals surface area contributed by atoms with Crippen LogP contribution in [0, 0.1) is 0 Å². The van der Waals surface area contributed by atoms with Crippen molar-refractivity contribution in [2.75, 3.05) is 33.3 Å². The molecule has 1 N–H and O–H groups in total. The van der Waals surface area contributed by atoms with Crippen LogP contribution in [0.1, 0.15) is 37.3 Å². The molecule has 1 aromatic carbocycles. The first kappa shape index (κ1) is 16.5. The van der Waals surface area contributed by atoms with Gasteiger partial charge in [0, 0.05) is 26.7 Å². The van der Waals surface area contributed by atoms with Gasteiger partial charge in [0.1, 0.15) is 0 Å². The van der Waals surface area contributed by atoms with Crippen molar-refractivity contribution in [2.24, 2.45) is 0 Å². The van der Waals surface area contributed by atoms with Gasteiger partial charge in [-0.2, -0.15) is 0 Å². The Kier molecular flexibility index (Phi) is 7.20. The number of nitrogens with one attached hydrogen (secondary N) is 1. The van der Waals surface area contributed by atoms with Gasteiger partial charge in [0.15, 0.2) is 0 Å². The van der Waals surface area contributed by atoms with Crippen LogP contribution in [-0.2, 0) is 17.7 Å². The van der Waals surface area contributed by atoms with E-state index in [1.165, 1.54) is 17.5 Å². The number of likely N-dealkylation sites (tertiary alicyclic amines) is 1. The molecule has 0 atom stereocenters. The number of ether oxygens (including phenoxy) is 1. The molecule has 2 rings (SSSR count). The molecular formula is C18H30N2O. The Labute approximate surface area is 129 Å². The van der Waals surface area contributed by atoms with E-state index in [0.29, 0.717) is 6.10 Å². The average molecular weight is 290 g/mol. The highest BCUT2D eigenvalue weighted by Gasteiger charge is 2.19. The second-order valence-electron chi connectivity index (χ2n) is 5.98. The molecule has 1 aromatic rings. The summed E-state index contributed by atoms with van der Waals surface area (Å²) in [6.07, 6.45) is 5.13. The topological polar surface area (TPSA) is 24.5 Å². The molecule has 0 amide bonds. The molecule has 0 spiro atoms. The van der Waals surface area contributed by atoms with E-state index >= 15 is 0 Å². The first-order chi connectivity index (χ1) is 10.3. The van der Waals surface area contributed by atoms with Crippen LogP contribution in [0.5, 0.6) is 0 Å². The molecule has 3 heteroatoms. The molecule has 0 saturated carbocycles. The summed E-state index contributed by atoms with van der Waals surface area (Å²) in [5, 5.41) is 3.50. The van der Waals surface area contributed by atoms with E-state index in [0.717, 1.165) is 52.0 Å². The Morgan fingerprint density at radius 1 is 1.14 bits per heavy atom. The fraction of sp³-hybridized carbons (Fsp3) is 0.667. The molecule has 1 aliphatic rings. The molecular weight excluding hydrogens is 260 g/mol. The van der Waals surface area contributed by atoms with Crippen molar-refractivity contribution < 1.29 is 4.74 Å². The van der Waals surface area contributed by atoms with E-state index < -0.39 is 0 Å². The maximum Gasteiger partial charge on any atom is 0.0595 e. The third-order valence-corrected chi connectivity index (χ3v) is 4.38. The van der Waals surface area contributed by atoms with Crippen LogP contribution in [0.25, 0.3) is 0 Å². The van der Waals surface area contributed by atoms with E-state index in [-0.39, 0.29) is 0 Å². The molecule has 1 heterocycles. The van der Waals surface area contributed by atoms with Crippen molar-refractivity contribution in [3.8, 4) is 0 Å². The molecule has 3 nitrogen and oxygen atoms in total. The fourth-order valence-electron chi connectivity index (χ4n) is 3.02. The lowest BCUT2D eigenvalue weighted by atomic mass is 10.0. The van der Waals surface area contributed by atoms with E-state index in [9.17, 15) is 0 Å². The van der Waals surface area contributed by atoms with Gasteiger partial charge in [-0.05, 0) is 49.9 Å². The van der Waals surface area contributed by atoms with Crippen LogP contribution in [0.2, 0.25) is 0 Å². The van der Waals surface area contributed by atoms with E-state index in [2.05, 4.69) is 41.4 Å². The van der Waals surface area contributed by atoms with Crippen molar-refractivity contribution in [1.82, 2.24) is 10.2 Å². The second-order valence-corrected chi connectivity index (χ2v) is 5.98. The first-order valence-corrected chi connectivity index (χ1v) is 8.36. The SMILES string of the molecule is CCCNCCc1ccccc1CN1CCC(OC)CC1. The Morgan fingerprint density at radius 2 is 1.86 bits per heavy atom. The van der Waals surface area contributed by atoms with E-state index in [1.807, 2.05) is 7.11 Å². The third kappa shape index (κ3) is 5.42. The summed E-state index contributed by atoms with van der Waals surface area (Å²) < 4.78 is 5.45. The lowest BCUT2D eigenvalue weighted by molar-refractivity contribution is 0.0388. The van der Waals surface area contributed by atoms with Crippen molar-refractivity contribution in [2.45, 2.75) is 45.3 Å². The molecule has 1 fully saturated rings. The number of piperidine rings is 1. The Balaban J connectivity index is 1.85. The summed E-state index contributed by atoms with van der Waals surface area (Å²) in [7, 11) is 1.83. The maximum atomic E-state index is 5.45. The minimum absolute atomic E-state index is 0.467. The van der Waals surface area contributed by atoms with Gasteiger partial charge in [-0.15, -0.1) is 0 Å². The van der Waals surface area contributed by atoms with E-state index in [1.54, 1.807) is 0 Å². The van der Waals surface area contributed by atoms with Crippen molar-refractivity contribution in [3.05, 3.63) is 35.4 Å². The Hall–Kier alpha value is -0.900. The largest absolute Gasteiger partial charge is 0.381 e. The molecule has 1 saturated heterocycles. The van der Waals surface area contributed by atoms with Gasteiger partial charge in [0.2, 0.25) is 0 Å². The van der Waals surface area contributed by atoms with Crippen molar-refractivity contribution in [1.29, 1.82) is 0 Å². The molecule has 0 aliphatic carbocycles. The zero-order valence-corrected chi connectivity index (χ0v) is 13.6. The first-order valence-electron chi connectivity index (χ1n) is 8.36. The number of hydrogen-bond acceptors (Lipinski definition) is 3. The monoisotopic (exact) mass is 290 g/mol. The number of rotatable bonds is 8. The fourth-order valence-corrected chi connectivity index (χ4v) is 3.02. The zero-order valence-electron chi connectivity index (χ0n) is 13.6. The lowest BCUT2D eigenvalue weighted by Gasteiger charge is -2.31. The predicted octanol–water partition coefficient (Wildman–Crippen LogP) is 2.84. The smallest absolute Gasteiger partial charge is 0.0595 e. The Bertz CT molecular complexity index is 400. The predicted molar refractivity (Wildman–Crippen MR) is 88.6 cm³/mol. The van der Waals surface area contributed by atoms with Crippen LogP contribution in [0.3, 0.4) is 0 Å². The summed E-state index contributed by atoms with van der Waals surface area (Å²) in [6, 6.07) is 8.90. The van der Waals surface area contributed by atoms with Gasteiger partial charge in [0.25, 0.3) is 0 Å². The molecule has 0 radical (unpaired) electrons. The van der Waals surface area contributed by atoms with Gasteiger partial charge >= 0.3 is 0 Å². The minimum Gasteiger partial charge on any atom is -0.381 e. The summed E-state index contributed by atoms with van der Waals surface area (Å²) in [6.45, 7) is 7.80. The normalized spacial score (nSPS) is 17.2. The van der Waals surface area contributed by atoms with Crippen molar-refractivity contribution >= 4 is 0 Å².